The summed E-state index contributed by atoms with van der Waals surface area (Å²) in [5.41, 5.74) is 2.89. The first-order chi connectivity index (χ1) is 21.7. The molecule has 0 amide bonds. The fraction of sp³-hybridized carbons (Fsp3) is 0.206. The second-order valence-corrected chi connectivity index (χ2v) is 10.3. The van der Waals surface area contributed by atoms with E-state index in [2.05, 4.69) is 31.7 Å². The van der Waals surface area contributed by atoms with E-state index in [1.54, 1.807) is 24.4 Å². The summed E-state index contributed by atoms with van der Waals surface area (Å²) in [6, 6.07) is 26.7. The number of rotatable bonds is 12. The fourth-order valence-corrected chi connectivity index (χ4v) is 5.01. The number of pyridine rings is 1. The molecule has 3 aromatic carbocycles. The summed E-state index contributed by atoms with van der Waals surface area (Å²) >= 11 is 0. The Bertz CT molecular complexity index is 1760. The molecule has 0 bridgehead atoms. The number of aromatic nitrogens is 2. The third-order valence-electron chi connectivity index (χ3n) is 7.17. The number of nitrogens with one attached hydrogen (secondary N) is 2. The average molecular weight is 621 g/mol. The van der Waals surface area contributed by atoms with E-state index in [9.17, 15) is 27.2 Å². The molecule has 2 N–H and O–H groups in total. The third-order valence-corrected chi connectivity index (χ3v) is 7.17. The maximum atomic E-state index is 13.6. The molecule has 0 aliphatic rings. The highest BCUT2D eigenvalue weighted by molar-refractivity contribution is 5.90. The zero-order valence-electron chi connectivity index (χ0n) is 24.0. The van der Waals surface area contributed by atoms with E-state index in [1.165, 1.54) is 29.8 Å². The van der Waals surface area contributed by atoms with Crippen molar-refractivity contribution in [2.24, 2.45) is 0 Å². The lowest BCUT2D eigenvalue weighted by Gasteiger charge is -2.17. The topological polar surface area (TPSA) is 84.3 Å². The summed E-state index contributed by atoms with van der Waals surface area (Å²) in [5, 5.41) is 4.13. The summed E-state index contributed by atoms with van der Waals surface area (Å²) in [7, 11) is 0. The van der Waals surface area contributed by atoms with Crippen LogP contribution in [0.2, 0.25) is 0 Å². The van der Waals surface area contributed by atoms with Crippen LogP contribution in [-0.2, 0) is 20.9 Å². The van der Waals surface area contributed by atoms with Crippen molar-refractivity contribution in [2.75, 3.05) is 18.5 Å². The number of nitrogens with zero attached hydrogens (tertiary/aromatic N) is 1. The van der Waals surface area contributed by atoms with Gasteiger partial charge in [-0.3, -0.25) is 10.1 Å². The highest BCUT2D eigenvalue weighted by atomic mass is 19.4. The van der Waals surface area contributed by atoms with Crippen LogP contribution in [0.1, 0.15) is 35.4 Å². The number of hydrogen-bond acceptors (Lipinski definition) is 5. The molecule has 45 heavy (non-hydrogen) atoms. The van der Waals surface area contributed by atoms with Gasteiger partial charge in [-0.15, -0.1) is 0 Å². The lowest BCUT2D eigenvalue weighted by atomic mass is 9.88. The molecule has 0 saturated heterocycles. The van der Waals surface area contributed by atoms with Crippen molar-refractivity contribution in [2.45, 2.75) is 31.5 Å². The molecule has 232 valence electrons. The van der Waals surface area contributed by atoms with Crippen LogP contribution < -0.4 is 14.6 Å². The van der Waals surface area contributed by atoms with Crippen LogP contribution in [0.3, 0.4) is 0 Å². The zero-order chi connectivity index (χ0) is 31.8. The molecular formula is C34H30F4N3O4+. The van der Waals surface area contributed by atoms with Crippen LogP contribution in [-0.4, -0.2) is 36.3 Å². The average Bonchev–Trinajstić information content (AvgIpc) is 3.44. The maximum absolute atomic E-state index is 13.6. The number of esters is 2. The lowest BCUT2D eigenvalue weighted by molar-refractivity contribution is -0.674. The van der Waals surface area contributed by atoms with Gasteiger partial charge in [0.2, 0.25) is 0 Å². The van der Waals surface area contributed by atoms with Gasteiger partial charge in [0.15, 0.2) is 0 Å². The normalized spacial score (nSPS) is 12.1. The van der Waals surface area contributed by atoms with Crippen LogP contribution >= 0.6 is 0 Å². The summed E-state index contributed by atoms with van der Waals surface area (Å²) in [6.07, 6.45) is -1.51. The van der Waals surface area contributed by atoms with Crippen molar-refractivity contribution in [3.05, 3.63) is 126 Å². The summed E-state index contributed by atoms with van der Waals surface area (Å²) in [4.78, 5) is 26.7. The summed E-state index contributed by atoms with van der Waals surface area (Å²) in [5.74, 6) is -3.67. The highest BCUT2D eigenvalue weighted by Gasteiger charge is 2.42. The second kappa shape index (κ2) is 14.1. The number of benzene rings is 3. The van der Waals surface area contributed by atoms with Gasteiger partial charge in [-0.05, 0) is 47.0 Å². The third kappa shape index (κ3) is 8.26. The molecular weight excluding hydrogens is 590 g/mol. The Morgan fingerprint density at radius 3 is 2.44 bits per heavy atom. The van der Waals surface area contributed by atoms with Gasteiger partial charge < -0.3 is 14.5 Å². The summed E-state index contributed by atoms with van der Waals surface area (Å²) in [6.45, 7) is 1.86. The number of halogens is 4. The van der Waals surface area contributed by atoms with Crippen LogP contribution in [0.5, 0.6) is 5.75 Å². The fourth-order valence-electron chi connectivity index (χ4n) is 5.01. The van der Waals surface area contributed by atoms with E-state index in [4.69, 9.17) is 4.74 Å². The number of ether oxygens (including phenoxy) is 2. The van der Waals surface area contributed by atoms with Gasteiger partial charge in [-0.1, -0.05) is 48.5 Å². The van der Waals surface area contributed by atoms with Gasteiger partial charge in [0, 0.05) is 41.6 Å². The van der Waals surface area contributed by atoms with Crippen LogP contribution in [0.4, 0.5) is 23.4 Å². The molecule has 11 heteroatoms. The standard InChI is InChI=1S/C34H29F4N3O4/c35-25-12-10-24(11-13-25)28(20-32(42)45-33(43)34(36,37)38)29-21-40-30-19-26(14-15-27(29)30)44-18-6-16-39-31-9-4-5-17-41(31)22-23-7-2-1-3-8-23/h1-5,7-15,17,19,21,28,40H,6,16,18,20,22H2/p+1. The Kier molecular flexibility index (Phi) is 9.76. The van der Waals surface area contributed by atoms with Crippen molar-refractivity contribution < 1.29 is 41.2 Å². The van der Waals surface area contributed by atoms with Gasteiger partial charge in [0.1, 0.15) is 18.1 Å². The van der Waals surface area contributed by atoms with Gasteiger partial charge in [0.05, 0.1) is 25.8 Å². The zero-order valence-corrected chi connectivity index (χ0v) is 24.0. The first-order valence-corrected chi connectivity index (χ1v) is 14.2. The van der Waals surface area contributed by atoms with Crippen LogP contribution in [0, 0.1) is 5.82 Å². The molecule has 5 rings (SSSR count). The van der Waals surface area contributed by atoms with E-state index in [1.807, 2.05) is 42.6 Å². The quantitative estimate of drug-likeness (QED) is 0.0535. The predicted octanol–water partition coefficient (Wildman–Crippen LogP) is 6.68. The number of aromatic amines is 1. The van der Waals surface area contributed by atoms with Crippen molar-refractivity contribution in [1.82, 2.24) is 4.98 Å². The van der Waals surface area contributed by atoms with Crippen molar-refractivity contribution in [1.29, 1.82) is 0 Å². The molecule has 7 nitrogen and oxygen atoms in total. The van der Waals surface area contributed by atoms with Gasteiger partial charge in [-0.2, -0.15) is 13.2 Å². The SMILES string of the molecule is O=C(CC(c1ccc(F)cc1)c1c[nH]c2cc(OCCCNc3cccc[n+]3Cc3ccccc3)ccc12)OC(=O)C(F)(F)F. The maximum Gasteiger partial charge on any atom is 0.491 e. The minimum Gasteiger partial charge on any atom is -0.493 e. The molecule has 0 saturated carbocycles. The van der Waals surface area contributed by atoms with E-state index >= 15 is 0 Å². The van der Waals surface area contributed by atoms with Crippen molar-refractivity contribution >= 4 is 28.7 Å². The lowest BCUT2D eigenvalue weighted by Crippen LogP contribution is -2.37. The molecule has 0 radical (unpaired) electrons. The van der Waals surface area contributed by atoms with E-state index < -0.39 is 36.3 Å². The number of hydrogen-bond donors (Lipinski definition) is 2. The molecule has 0 aliphatic carbocycles. The summed E-state index contributed by atoms with van der Waals surface area (Å²) < 4.78 is 63.7. The van der Waals surface area contributed by atoms with E-state index in [0.717, 1.165) is 18.8 Å². The minimum absolute atomic E-state index is 0.439. The Morgan fingerprint density at radius 1 is 0.933 bits per heavy atom. The monoisotopic (exact) mass is 620 g/mol. The Hall–Kier alpha value is -5.19. The Labute approximate surface area is 256 Å². The van der Waals surface area contributed by atoms with E-state index in [0.29, 0.717) is 40.9 Å². The van der Waals surface area contributed by atoms with Gasteiger partial charge in [-0.25, -0.2) is 13.8 Å². The number of H-pyrrole nitrogens is 1. The first kappa shape index (κ1) is 31.2. The van der Waals surface area contributed by atoms with Crippen molar-refractivity contribution in [3.63, 3.8) is 0 Å². The second-order valence-electron chi connectivity index (χ2n) is 10.3. The number of alkyl halides is 3. The number of anilines is 1. The first-order valence-electron chi connectivity index (χ1n) is 14.2. The molecule has 2 heterocycles. The number of carbonyl (C=O) groups excluding carboxylic acids is 2. The number of fused-ring (bicyclic) bond motifs is 1. The molecule has 0 fully saturated rings. The van der Waals surface area contributed by atoms with Crippen molar-refractivity contribution in [3.8, 4) is 5.75 Å². The number of carbonyl (C=O) groups is 2. The Morgan fingerprint density at radius 2 is 1.69 bits per heavy atom. The van der Waals surface area contributed by atoms with Gasteiger partial charge >= 0.3 is 18.1 Å². The van der Waals surface area contributed by atoms with Crippen LogP contribution in [0.25, 0.3) is 10.9 Å². The molecule has 2 aromatic heterocycles. The smallest absolute Gasteiger partial charge is 0.491 e. The minimum atomic E-state index is -5.31. The molecule has 1 unspecified atom stereocenters. The molecule has 5 aromatic rings. The van der Waals surface area contributed by atoms with Gasteiger partial charge in [0.25, 0.3) is 5.82 Å². The van der Waals surface area contributed by atoms with E-state index in [-0.39, 0.29) is 0 Å². The largest absolute Gasteiger partial charge is 0.493 e. The molecule has 0 spiro atoms. The predicted molar refractivity (Wildman–Crippen MR) is 159 cm³/mol. The molecule has 0 aliphatic heterocycles. The highest BCUT2D eigenvalue weighted by Crippen LogP contribution is 2.35. The molecule has 1 atom stereocenters. The Balaban J connectivity index is 1.22. The van der Waals surface area contributed by atoms with Crippen LogP contribution in [0.15, 0.2) is 103 Å².